The summed E-state index contributed by atoms with van der Waals surface area (Å²) in [5.41, 5.74) is 1.25. The van der Waals surface area contributed by atoms with Gasteiger partial charge in [0.2, 0.25) is 0 Å². The number of fused-ring (bicyclic) bond motifs is 5. The van der Waals surface area contributed by atoms with Gasteiger partial charge in [0.25, 0.3) is 0 Å². The predicted octanol–water partition coefficient (Wildman–Crippen LogP) is 8.04. The first kappa shape index (κ1) is 24.6. The third kappa shape index (κ3) is 4.81. The van der Waals surface area contributed by atoms with Crippen LogP contribution in [0.5, 0.6) is 17.5 Å². The van der Waals surface area contributed by atoms with Crippen LogP contribution in [0.3, 0.4) is 0 Å². The number of hydrogen-bond donors (Lipinski definition) is 2. The second kappa shape index (κ2) is 10.6. The minimum atomic E-state index is -0.115. The molecular formula is C33H29N3O3. The van der Waals surface area contributed by atoms with Crippen LogP contribution in [0, 0.1) is 0 Å². The average molecular weight is 516 g/mol. The van der Waals surface area contributed by atoms with Crippen molar-refractivity contribution in [3.05, 3.63) is 84.9 Å². The summed E-state index contributed by atoms with van der Waals surface area (Å²) in [5.74, 6) is 0.589. The molecule has 194 valence electrons. The average Bonchev–Trinajstić information content (AvgIpc) is 2.96. The van der Waals surface area contributed by atoms with Gasteiger partial charge in [-0.25, -0.2) is 4.98 Å². The van der Waals surface area contributed by atoms with Gasteiger partial charge in [0.15, 0.2) is 11.6 Å². The number of benzene rings is 5. The summed E-state index contributed by atoms with van der Waals surface area (Å²) in [6, 6.07) is 27.6. The molecule has 39 heavy (non-hydrogen) atoms. The molecule has 1 heterocycles. The van der Waals surface area contributed by atoms with Gasteiger partial charge in [0, 0.05) is 11.6 Å². The zero-order chi connectivity index (χ0) is 26.8. The van der Waals surface area contributed by atoms with Crippen molar-refractivity contribution in [2.24, 2.45) is 0 Å². The first-order valence-corrected chi connectivity index (χ1v) is 13.4. The minimum absolute atomic E-state index is 0.0367. The number of phenols is 2. The maximum absolute atomic E-state index is 10.6. The lowest BCUT2D eigenvalue weighted by molar-refractivity contribution is 0.281. The predicted molar refractivity (Wildman–Crippen MR) is 156 cm³/mol. The Morgan fingerprint density at radius 2 is 1.33 bits per heavy atom. The third-order valence-corrected chi connectivity index (χ3v) is 7.07. The molecule has 0 saturated heterocycles. The van der Waals surface area contributed by atoms with Crippen LogP contribution in [0.25, 0.3) is 55.1 Å². The van der Waals surface area contributed by atoms with Gasteiger partial charge in [-0.05, 0) is 56.9 Å². The fourth-order valence-electron chi connectivity index (χ4n) is 5.11. The van der Waals surface area contributed by atoms with E-state index in [4.69, 9.17) is 14.7 Å². The maximum Gasteiger partial charge on any atom is 0.320 e. The smallest absolute Gasteiger partial charge is 0.320 e. The fraction of sp³-hybridized carbons (Fsp3) is 0.182. The van der Waals surface area contributed by atoms with Gasteiger partial charge >= 0.3 is 6.01 Å². The van der Waals surface area contributed by atoms with E-state index in [0.717, 1.165) is 63.6 Å². The standard InChI is InChI=1S/C33H29N3O3/c1-2-3-4-9-18-39-33-35-31(27-17-15-22(37)19-30(27)38)34-32(36-33)29-20-28-23-11-6-5-10-21(23)14-16-26(28)24-12-7-8-13-25(24)29/h5-8,10-17,19-20,37-38H,2-4,9,18H2,1H3. The van der Waals surface area contributed by atoms with Crippen molar-refractivity contribution in [2.45, 2.75) is 32.6 Å². The summed E-state index contributed by atoms with van der Waals surface area (Å²) in [6.07, 6.45) is 4.27. The van der Waals surface area contributed by atoms with E-state index in [1.807, 2.05) is 18.2 Å². The number of nitrogens with zero attached hydrogens (tertiary/aromatic N) is 3. The van der Waals surface area contributed by atoms with E-state index >= 15 is 0 Å². The van der Waals surface area contributed by atoms with Crippen molar-refractivity contribution >= 4 is 32.3 Å². The highest BCUT2D eigenvalue weighted by molar-refractivity contribution is 6.20. The molecule has 0 aliphatic rings. The van der Waals surface area contributed by atoms with Crippen LogP contribution in [-0.2, 0) is 0 Å². The number of unbranched alkanes of at least 4 members (excludes halogenated alkanes) is 3. The van der Waals surface area contributed by atoms with E-state index in [0.29, 0.717) is 18.0 Å². The number of aromatic hydroxyl groups is 2. The number of phenolic OH excluding ortho intramolecular Hbond substituents is 2. The van der Waals surface area contributed by atoms with E-state index in [1.165, 1.54) is 12.1 Å². The first-order valence-electron chi connectivity index (χ1n) is 13.4. The van der Waals surface area contributed by atoms with E-state index in [9.17, 15) is 10.2 Å². The molecule has 2 N–H and O–H groups in total. The number of ether oxygens (including phenoxy) is 1. The van der Waals surface area contributed by atoms with Crippen molar-refractivity contribution in [3.63, 3.8) is 0 Å². The highest BCUT2D eigenvalue weighted by atomic mass is 16.5. The molecule has 0 spiro atoms. The highest BCUT2D eigenvalue weighted by Gasteiger charge is 2.18. The SMILES string of the molecule is CCCCCCOc1nc(-c2ccc(O)cc2O)nc(-c2cc3c4ccccc4ccc3c3ccccc23)n1. The van der Waals surface area contributed by atoms with Crippen LogP contribution in [0.2, 0.25) is 0 Å². The highest BCUT2D eigenvalue weighted by Crippen LogP contribution is 2.38. The molecule has 6 heteroatoms. The monoisotopic (exact) mass is 515 g/mol. The van der Waals surface area contributed by atoms with Crippen LogP contribution < -0.4 is 4.74 Å². The molecule has 6 rings (SSSR count). The lowest BCUT2D eigenvalue weighted by atomic mass is 9.93. The number of rotatable bonds is 8. The molecule has 0 atom stereocenters. The van der Waals surface area contributed by atoms with E-state index in [1.54, 1.807) is 6.07 Å². The Morgan fingerprint density at radius 3 is 2.13 bits per heavy atom. The Bertz CT molecular complexity index is 1820. The lowest BCUT2D eigenvalue weighted by Crippen LogP contribution is -2.05. The van der Waals surface area contributed by atoms with E-state index < -0.39 is 0 Å². The number of hydrogen-bond acceptors (Lipinski definition) is 6. The van der Waals surface area contributed by atoms with Crippen molar-refractivity contribution in [2.75, 3.05) is 6.61 Å². The Morgan fingerprint density at radius 1 is 0.615 bits per heavy atom. The van der Waals surface area contributed by atoms with Gasteiger partial charge in [0.05, 0.1) is 12.2 Å². The van der Waals surface area contributed by atoms with Crippen molar-refractivity contribution in [1.29, 1.82) is 0 Å². The van der Waals surface area contributed by atoms with Gasteiger partial charge in [-0.1, -0.05) is 86.8 Å². The van der Waals surface area contributed by atoms with E-state index in [-0.39, 0.29) is 23.3 Å². The normalized spacial score (nSPS) is 11.4. The maximum atomic E-state index is 10.6. The topological polar surface area (TPSA) is 88.4 Å². The van der Waals surface area contributed by atoms with Crippen molar-refractivity contribution < 1.29 is 14.9 Å². The Kier molecular flexibility index (Phi) is 6.68. The van der Waals surface area contributed by atoms with Crippen LogP contribution in [-0.4, -0.2) is 31.8 Å². The van der Waals surface area contributed by atoms with Crippen LogP contribution in [0.1, 0.15) is 32.6 Å². The van der Waals surface area contributed by atoms with Crippen molar-refractivity contribution in [1.82, 2.24) is 15.0 Å². The summed E-state index contributed by atoms with van der Waals surface area (Å²) < 4.78 is 6.02. The minimum Gasteiger partial charge on any atom is -0.508 e. The van der Waals surface area contributed by atoms with Crippen molar-refractivity contribution in [3.8, 4) is 40.3 Å². The molecule has 0 fully saturated rings. The summed E-state index contributed by atoms with van der Waals surface area (Å²) >= 11 is 0. The molecule has 0 amide bonds. The molecular weight excluding hydrogens is 486 g/mol. The van der Waals surface area contributed by atoms with Crippen LogP contribution in [0.4, 0.5) is 0 Å². The molecule has 6 aromatic rings. The van der Waals surface area contributed by atoms with Crippen LogP contribution in [0.15, 0.2) is 84.9 Å². The summed E-state index contributed by atoms with van der Waals surface area (Å²) in [6.45, 7) is 2.67. The van der Waals surface area contributed by atoms with Gasteiger partial charge in [-0.3, -0.25) is 0 Å². The van der Waals surface area contributed by atoms with Gasteiger partial charge in [0.1, 0.15) is 11.5 Å². The summed E-state index contributed by atoms with van der Waals surface area (Å²) in [4.78, 5) is 14.1. The molecule has 0 aliphatic heterocycles. The molecule has 0 radical (unpaired) electrons. The Balaban J connectivity index is 1.57. The van der Waals surface area contributed by atoms with Gasteiger partial charge in [-0.15, -0.1) is 0 Å². The molecule has 0 bridgehead atoms. The lowest BCUT2D eigenvalue weighted by Gasteiger charge is -2.14. The zero-order valence-electron chi connectivity index (χ0n) is 21.8. The van der Waals surface area contributed by atoms with Crippen LogP contribution >= 0.6 is 0 Å². The molecule has 0 unspecified atom stereocenters. The Labute approximate surface area is 226 Å². The first-order chi connectivity index (χ1) is 19.1. The summed E-state index contributed by atoms with van der Waals surface area (Å²) in [7, 11) is 0. The quantitative estimate of drug-likeness (QED) is 0.158. The van der Waals surface area contributed by atoms with Gasteiger partial charge in [-0.2, -0.15) is 9.97 Å². The molecule has 0 saturated carbocycles. The molecule has 0 aliphatic carbocycles. The largest absolute Gasteiger partial charge is 0.508 e. The Hall–Kier alpha value is -4.71. The summed E-state index contributed by atoms with van der Waals surface area (Å²) in [5, 5.41) is 27.1. The second-order valence-electron chi connectivity index (χ2n) is 9.73. The molecule has 6 nitrogen and oxygen atoms in total. The zero-order valence-corrected chi connectivity index (χ0v) is 21.8. The fourth-order valence-corrected chi connectivity index (χ4v) is 5.11. The van der Waals surface area contributed by atoms with Gasteiger partial charge < -0.3 is 14.9 Å². The second-order valence-corrected chi connectivity index (χ2v) is 9.73. The molecule has 1 aromatic heterocycles. The number of aromatic nitrogens is 3. The molecule has 5 aromatic carbocycles. The third-order valence-electron chi connectivity index (χ3n) is 7.07. The van der Waals surface area contributed by atoms with E-state index in [2.05, 4.69) is 60.4 Å².